The van der Waals surface area contributed by atoms with Crippen LogP contribution < -0.4 is 10.9 Å². The van der Waals surface area contributed by atoms with Crippen LogP contribution in [0.3, 0.4) is 0 Å². The summed E-state index contributed by atoms with van der Waals surface area (Å²) >= 11 is 5.50. The SMILES string of the molecule is Cc1ccc(C(=O)NNC(=O)CCCCCl)cc1. The molecule has 0 aliphatic rings. The molecule has 98 valence electrons. The van der Waals surface area contributed by atoms with Gasteiger partial charge in [0.25, 0.3) is 5.91 Å². The molecule has 4 nitrogen and oxygen atoms in total. The van der Waals surface area contributed by atoms with Crippen molar-refractivity contribution in [1.82, 2.24) is 10.9 Å². The lowest BCUT2D eigenvalue weighted by atomic mass is 10.1. The first-order valence-corrected chi connectivity index (χ1v) is 6.38. The minimum Gasteiger partial charge on any atom is -0.273 e. The number of amides is 2. The Hall–Kier alpha value is -1.55. The second kappa shape index (κ2) is 7.71. The highest BCUT2D eigenvalue weighted by Crippen LogP contribution is 2.02. The number of hydrazine groups is 1. The maximum absolute atomic E-state index is 11.6. The average Bonchev–Trinajstić information content (AvgIpc) is 2.37. The van der Waals surface area contributed by atoms with Crippen LogP contribution in [0.25, 0.3) is 0 Å². The molecule has 0 heterocycles. The van der Waals surface area contributed by atoms with Crippen LogP contribution in [0.4, 0.5) is 0 Å². The van der Waals surface area contributed by atoms with Crippen LogP contribution in [-0.4, -0.2) is 17.7 Å². The van der Waals surface area contributed by atoms with Gasteiger partial charge >= 0.3 is 0 Å². The normalized spacial score (nSPS) is 9.89. The minimum atomic E-state index is -0.319. The van der Waals surface area contributed by atoms with E-state index in [1.165, 1.54) is 0 Å². The fraction of sp³-hybridized carbons (Fsp3) is 0.385. The summed E-state index contributed by atoms with van der Waals surface area (Å²) in [6.07, 6.45) is 1.87. The van der Waals surface area contributed by atoms with E-state index in [1.54, 1.807) is 12.1 Å². The standard InChI is InChI=1S/C13H17ClN2O2/c1-10-5-7-11(8-6-10)13(18)16-15-12(17)4-2-3-9-14/h5-8H,2-4,9H2,1H3,(H,15,17)(H,16,18). The summed E-state index contributed by atoms with van der Waals surface area (Å²) in [6, 6.07) is 7.11. The summed E-state index contributed by atoms with van der Waals surface area (Å²) in [6.45, 7) is 1.94. The van der Waals surface area contributed by atoms with Crippen LogP contribution in [-0.2, 0) is 4.79 Å². The van der Waals surface area contributed by atoms with Gasteiger partial charge in [-0.1, -0.05) is 17.7 Å². The number of hydrogen-bond donors (Lipinski definition) is 2. The number of benzene rings is 1. The fourth-order valence-electron chi connectivity index (χ4n) is 1.35. The Labute approximate surface area is 112 Å². The van der Waals surface area contributed by atoms with Gasteiger partial charge in [0.2, 0.25) is 5.91 Å². The summed E-state index contributed by atoms with van der Waals surface area (Å²) in [5.74, 6) is 0.0180. The van der Waals surface area contributed by atoms with E-state index in [4.69, 9.17) is 11.6 Å². The topological polar surface area (TPSA) is 58.2 Å². The van der Waals surface area contributed by atoms with Gasteiger partial charge in [-0.05, 0) is 31.9 Å². The molecule has 0 aromatic heterocycles. The Morgan fingerprint density at radius 1 is 1.11 bits per heavy atom. The third-order valence-corrected chi connectivity index (χ3v) is 2.68. The van der Waals surface area contributed by atoms with E-state index >= 15 is 0 Å². The molecular formula is C13H17ClN2O2. The van der Waals surface area contributed by atoms with Crippen LogP contribution in [0.5, 0.6) is 0 Å². The monoisotopic (exact) mass is 268 g/mol. The molecule has 5 heteroatoms. The Bertz CT molecular complexity index is 404. The zero-order chi connectivity index (χ0) is 13.4. The molecule has 0 bridgehead atoms. The minimum absolute atomic E-state index is 0.208. The van der Waals surface area contributed by atoms with E-state index in [0.717, 1.165) is 18.4 Å². The molecule has 0 radical (unpaired) electrons. The highest BCUT2D eigenvalue weighted by atomic mass is 35.5. The highest BCUT2D eigenvalue weighted by Gasteiger charge is 2.06. The quantitative estimate of drug-likeness (QED) is 0.488. The molecule has 2 N–H and O–H groups in total. The number of halogens is 1. The van der Waals surface area contributed by atoms with Crippen molar-refractivity contribution < 1.29 is 9.59 Å². The van der Waals surface area contributed by atoms with Crippen LogP contribution in [0, 0.1) is 6.92 Å². The van der Waals surface area contributed by atoms with Gasteiger partial charge in [0.1, 0.15) is 0 Å². The maximum Gasteiger partial charge on any atom is 0.269 e. The maximum atomic E-state index is 11.6. The number of unbranched alkanes of at least 4 members (excludes halogenated alkanes) is 1. The lowest BCUT2D eigenvalue weighted by molar-refractivity contribution is -0.121. The Morgan fingerprint density at radius 3 is 2.39 bits per heavy atom. The molecule has 1 rings (SSSR count). The van der Waals surface area contributed by atoms with Crippen molar-refractivity contribution in [3.05, 3.63) is 35.4 Å². The molecule has 18 heavy (non-hydrogen) atoms. The van der Waals surface area contributed by atoms with Gasteiger partial charge in [0.05, 0.1) is 0 Å². The lowest BCUT2D eigenvalue weighted by Crippen LogP contribution is -2.41. The second-order valence-electron chi connectivity index (χ2n) is 4.01. The summed E-state index contributed by atoms with van der Waals surface area (Å²) in [5.41, 5.74) is 6.34. The van der Waals surface area contributed by atoms with Gasteiger partial charge in [-0.25, -0.2) is 0 Å². The van der Waals surface area contributed by atoms with Crippen molar-refractivity contribution in [2.24, 2.45) is 0 Å². The number of alkyl halides is 1. The largest absolute Gasteiger partial charge is 0.273 e. The number of carbonyl (C=O) groups excluding carboxylic acids is 2. The Kier molecular flexibility index (Phi) is 6.22. The third-order valence-electron chi connectivity index (χ3n) is 2.42. The van der Waals surface area contributed by atoms with E-state index < -0.39 is 0 Å². The zero-order valence-corrected chi connectivity index (χ0v) is 11.1. The molecule has 0 atom stereocenters. The molecule has 0 saturated heterocycles. The first kappa shape index (κ1) is 14.5. The van der Waals surface area contributed by atoms with E-state index in [2.05, 4.69) is 10.9 Å². The van der Waals surface area contributed by atoms with E-state index in [-0.39, 0.29) is 11.8 Å². The zero-order valence-electron chi connectivity index (χ0n) is 10.3. The summed E-state index contributed by atoms with van der Waals surface area (Å²) in [7, 11) is 0. The molecule has 0 fully saturated rings. The number of aryl methyl sites for hydroxylation is 1. The number of carbonyl (C=O) groups is 2. The molecule has 0 unspecified atom stereocenters. The lowest BCUT2D eigenvalue weighted by Gasteiger charge is -2.07. The number of hydrogen-bond acceptors (Lipinski definition) is 2. The smallest absolute Gasteiger partial charge is 0.269 e. The highest BCUT2D eigenvalue weighted by molar-refractivity contribution is 6.17. The summed E-state index contributed by atoms with van der Waals surface area (Å²) in [4.78, 5) is 23.0. The average molecular weight is 269 g/mol. The van der Waals surface area contributed by atoms with Gasteiger partial charge in [0.15, 0.2) is 0 Å². The van der Waals surface area contributed by atoms with Crippen molar-refractivity contribution >= 4 is 23.4 Å². The Balaban J connectivity index is 2.32. The summed E-state index contributed by atoms with van der Waals surface area (Å²) in [5, 5.41) is 0. The van der Waals surface area contributed by atoms with Crippen LogP contribution in [0.15, 0.2) is 24.3 Å². The van der Waals surface area contributed by atoms with Crippen molar-refractivity contribution in [2.45, 2.75) is 26.2 Å². The molecule has 0 aliphatic heterocycles. The molecule has 1 aromatic carbocycles. The summed E-state index contributed by atoms with van der Waals surface area (Å²) < 4.78 is 0. The van der Waals surface area contributed by atoms with E-state index in [1.807, 2.05) is 19.1 Å². The molecule has 1 aromatic rings. The predicted molar refractivity (Wildman–Crippen MR) is 71.4 cm³/mol. The van der Waals surface area contributed by atoms with Gasteiger partial charge in [0, 0.05) is 17.9 Å². The predicted octanol–water partition coefficient (Wildman–Crippen LogP) is 2.17. The molecule has 2 amide bonds. The van der Waals surface area contributed by atoms with Gasteiger partial charge in [-0.3, -0.25) is 20.4 Å². The van der Waals surface area contributed by atoms with Crippen molar-refractivity contribution in [1.29, 1.82) is 0 Å². The molecular weight excluding hydrogens is 252 g/mol. The molecule has 0 spiro atoms. The number of rotatable bonds is 5. The fourth-order valence-corrected chi connectivity index (χ4v) is 1.54. The molecule has 0 aliphatic carbocycles. The van der Waals surface area contributed by atoms with Crippen LogP contribution >= 0.6 is 11.6 Å². The first-order chi connectivity index (χ1) is 8.63. The first-order valence-electron chi connectivity index (χ1n) is 5.85. The third kappa shape index (κ3) is 5.19. The van der Waals surface area contributed by atoms with Crippen molar-refractivity contribution in [3.8, 4) is 0 Å². The van der Waals surface area contributed by atoms with Crippen molar-refractivity contribution in [3.63, 3.8) is 0 Å². The van der Waals surface area contributed by atoms with E-state index in [9.17, 15) is 9.59 Å². The van der Waals surface area contributed by atoms with Gasteiger partial charge < -0.3 is 0 Å². The second-order valence-corrected chi connectivity index (χ2v) is 4.39. The Morgan fingerprint density at radius 2 is 1.78 bits per heavy atom. The van der Waals surface area contributed by atoms with Crippen LogP contribution in [0.1, 0.15) is 35.2 Å². The number of nitrogens with one attached hydrogen (secondary N) is 2. The van der Waals surface area contributed by atoms with E-state index in [0.29, 0.717) is 17.9 Å². The van der Waals surface area contributed by atoms with Gasteiger partial charge in [-0.15, -0.1) is 11.6 Å². The van der Waals surface area contributed by atoms with Crippen LogP contribution in [0.2, 0.25) is 0 Å². The molecule has 0 saturated carbocycles. The van der Waals surface area contributed by atoms with Gasteiger partial charge in [-0.2, -0.15) is 0 Å². The van der Waals surface area contributed by atoms with Crippen molar-refractivity contribution in [2.75, 3.05) is 5.88 Å².